The van der Waals surface area contributed by atoms with Gasteiger partial charge in [-0.05, 0) is 62.8 Å². The third-order valence-corrected chi connectivity index (χ3v) is 6.41. The monoisotopic (exact) mass is 290 g/mol. The zero-order valence-corrected chi connectivity index (χ0v) is 13.7. The van der Waals surface area contributed by atoms with Gasteiger partial charge in [-0.1, -0.05) is 32.1 Å². The van der Waals surface area contributed by atoms with Gasteiger partial charge >= 0.3 is 0 Å². The fraction of sp³-hybridized carbons (Fsp3) is 1.00. The lowest BCUT2D eigenvalue weighted by molar-refractivity contribution is 0.122. The minimum atomic E-state index is 0.796. The largest absolute Gasteiger partial charge is 0.312 e. The molecule has 0 radical (unpaired) electrons. The average Bonchev–Trinajstić information content (AvgIpc) is 3.38. The van der Waals surface area contributed by atoms with Gasteiger partial charge in [-0.15, -0.1) is 0 Å². The van der Waals surface area contributed by atoms with Crippen molar-refractivity contribution in [3.63, 3.8) is 0 Å². The molecule has 0 aromatic heterocycles. The molecule has 1 saturated heterocycles. The van der Waals surface area contributed by atoms with E-state index in [4.69, 9.17) is 0 Å². The molecule has 3 saturated carbocycles. The highest BCUT2D eigenvalue weighted by molar-refractivity contribution is 4.94. The van der Waals surface area contributed by atoms with E-state index in [1.807, 2.05) is 0 Å². The van der Waals surface area contributed by atoms with Crippen molar-refractivity contribution in [2.75, 3.05) is 19.6 Å². The first kappa shape index (κ1) is 14.5. The van der Waals surface area contributed by atoms with Gasteiger partial charge in [-0.25, -0.2) is 0 Å². The molecule has 4 rings (SSSR count). The van der Waals surface area contributed by atoms with Crippen LogP contribution in [-0.2, 0) is 0 Å². The minimum absolute atomic E-state index is 0.796. The first-order chi connectivity index (χ1) is 10.4. The molecule has 4 fully saturated rings. The lowest BCUT2D eigenvalue weighted by Gasteiger charge is -2.39. The van der Waals surface area contributed by atoms with Crippen LogP contribution in [0.1, 0.15) is 70.6 Å². The molecule has 0 amide bonds. The maximum Gasteiger partial charge on any atom is 0.0198 e. The van der Waals surface area contributed by atoms with Gasteiger partial charge in [0.15, 0.2) is 0 Å². The van der Waals surface area contributed by atoms with Crippen LogP contribution in [0.3, 0.4) is 0 Å². The highest BCUT2D eigenvalue weighted by atomic mass is 15.2. The number of nitrogens with zero attached hydrogens (tertiary/aromatic N) is 1. The number of hydrogen-bond donors (Lipinski definition) is 1. The summed E-state index contributed by atoms with van der Waals surface area (Å²) in [6, 6.07) is 1.76. The molecule has 0 aromatic carbocycles. The highest BCUT2D eigenvalue weighted by Gasteiger charge is 2.37. The summed E-state index contributed by atoms with van der Waals surface area (Å²) in [5, 5.41) is 3.99. The van der Waals surface area contributed by atoms with Gasteiger partial charge in [0, 0.05) is 25.2 Å². The van der Waals surface area contributed by atoms with Gasteiger partial charge in [0.2, 0.25) is 0 Å². The highest BCUT2D eigenvalue weighted by Crippen LogP contribution is 2.39. The van der Waals surface area contributed by atoms with Gasteiger partial charge in [-0.2, -0.15) is 0 Å². The topological polar surface area (TPSA) is 15.3 Å². The Morgan fingerprint density at radius 2 is 1.57 bits per heavy atom. The predicted octanol–water partition coefficient (Wildman–Crippen LogP) is 3.81. The van der Waals surface area contributed by atoms with Crippen LogP contribution in [0.15, 0.2) is 0 Å². The number of likely N-dealkylation sites (tertiary alicyclic amines) is 1. The maximum atomic E-state index is 3.99. The van der Waals surface area contributed by atoms with E-state index in [-0.39, 0.29) is 0 Å². The molecule has 2 unspecified atom stereocenters. The summed E-state index contributed by atoms with van der Waals surface area (Å²) >= 11 is 0. The quantitative estimate of drug-likeness (QED) is 0.800. The van der Waals surface area contributed by atoms with Gasteiger partial charge in [0.25, 0.3) is 0 Å². The Bertz CT molecular complexity index is 328. The fourth-order valence-electron chi connectivity index (χ4n) is 4.85. The zero-order chi connectivity index (χ0) is 14.1. The van der Waals surface area contributed by atoms with E-state index in [1.165, 1.54) is 90.3 Å². The molecular formula is C19H34N2. The summed E-state index contributed by atoms with van der Waals surface area (Å²) in [4.78, 5) is 2.84. The smallest absolute Gasteiger partial charge is 0.0198 e. The second kappa shape index (κ2) is 6.58. The summed E-state index contributed by atoms with van der Waals surface area (Å²) in [6.45, 7) is 4.07. The van der Waals surface area contributed by atoms with Crippen LogP contribution in [0.2, 0.25) is 0 Å². The lowest BCUT2D eigenvalue weighted by Crippen LogP contribution is -2.51. The SMILES string of the molecule is C1CCC(CNC2CC(CC3CC3)CN(C3CC3)C2)CC1. The minimum Gasteiger partial charge on any atom is -0.312 e. The van der Waals surface area contributed by atoms with Crippen molar-refractivity contribution in [3.05, 3.63) is 0 Å². The molecular weight excluding hydrogens is 256 g/mol. The van der Waals surface area contributed by atoms with Crippen molar-refractivity contribution in [3.8, 4) is 0 Å². The van der Waals surface area contributed by atoms with E-state index in [2.05, 4.69) is 10.2 Å². The van der Waals surface area contributed by atoms with Crippen LogP contribution in [-0.4, -0.2) is 36.6 Å². The van der Waals surface area contributed by atoms with E-state index >= 15 is 0 Å². The summed E-state index contributed by atoms with van der Waals surface area (Å²) < 4.78 is 0. The molecule has 0 spiro atoms. The molecule has 2 heteroatoms. The molecule has 120 valence electrons. The molecule has 3 aliphatic carbocycles. The number of hydrogen-bond acceptors (Lipinski definition) is 2. The Kier molecular flexibility index (Phi) is 4.55. The van der Waals surface area contributed by atoms with Crippen molar-refractivity contribution >= 4 is 0 Å². The third kappa shape index (κ3) is 4.22. The van der Waals surface area contributed by atoms with Crippen LogP contribution >= 0.6 is 0 Å². The zero-order valence-electron chi connectivity index (χ0n) is 13.7. The van der Waals surface area contributed by atoms with Crippen molar-refractivity contribution in [1.82, 2.24) is 10.2 Å². The van der Waals surface area contributed by atoms with E-state index in [0.29, 0.717) is 0 Å². The Morgan fingerprint density at radius 1 is 0.762 bits per heavy atom. The molecule has 1 N–H and O–H groups in total. The van der Waals surface area contributed by atoms with Crippen molar-refractivity contribution in [2.45, 2.75) is 82.7 Å². The van der Waals surface area contributed by atoms with Gasteiger partial charge in [0.05, 0.1) is 0 Å². The van der Waals surface area contributed by atoms with Crippen molar-refractivity contribution in [1.29, 1.82) is 0 Å². The van der Waals surface area contributed by atoms with E-state index in [0.717, 1.165) is 29.8 Å². The van der Waals surface area contributed by atoms with E-state index in [1.54, 1.807) is 0 Å². The predicted molar refractivity (Wildman–Crippen MR) is 88.4 cm³/mol. The first-order valence-electron chi connectivity index (χ1n) is 9.84. The van der Waals surface area contributed by atoms with Crippen LogP contribution in [0, 0.1) is 17.8 Å². The summed E-state index contributed by atoms with van der Waals surface area (Å²) in [5.41, 5.74) is 0. The fourth-order valence-corrected chi connectivity index (χ4v) is 4.85. The van der Waals surface area contributed by atoms with Crippen molar-refractivity contribution < 1.29 is 0 Å². The Balaban J connectivity index is 1.27. The van der Waals surface area contributed by atoms with E-state index < -0.39 is 0 Å². The molecule has 2 atom stereocenters. The summed E-state index contributed by atoms with van der Waals surface area (Å²) in [7, 11) is 0. The third-order valence-electron chi connectivity index (χ3n) is 6.41. The second-order valence-corrected chi connectivity index (χ2v) is 8.58. The number of rotatable bonds is 6. The lowest BCUT2D eigenvalue weighted by atomic mass is 9.87. The second-order valence-electron chi connectivity index (χ2n) is 8.58. The standard InChI is InChI=1S/C19H34N2/c1-2-4-16(5-3-1)12-20-18-11-17(10-15-6-7-15)13-21(14-18)19-8-9-19/h15-20H,1-14H2. The van der Waals surface area contributed by atoms with Crippen molar-refractivity contribution in [2.24, 2.45) is 17.8 Å². The first-order valence-corrected chi connectivity index (χ1v) is 9.84. The summed E-state index contributed by atoms with van der Waals surface area (Å²) in [5.74, 6) is 3.08. The Hall–Kier alpha value is -0.0800. The van der Waals surface area contributed by atoms with Crippen LogP contribution in [0.5, 0.6) is 0 Å². The molecule has 4 aliphatic rings. The molecule has 0 bridgehead atoms. The number of piperidine rings is 1. The van der Waals surface area contributed by atoms with Crippen LogP contribution in [0.4, 0.5) is 0 Å². The van der Waals surface area contributed by atoms with E-state index in [9.17, 15) is 0 Å². The van der Waals surface area contributed by atoms with Crippen LogP contribution < -0.4 is 5.32 Å². The van der Waals surface area contributed by atoms with Crippen LogP contribution in [0.25, 0.3) is 0 Å². The molecule has 1 aliphatic heterocycles. The maximum absolute atomic E-state index is 3.99. The van der Waals surface area contributed by atoms with Gasteiger partial charge in [0.1, 0.15) is 0 Å². The van der Waals surface area contributed by atoms with Gasteiger partial charge in [-0.3, -0.25) is 4.90 Å². The Labute approximate surface area is 131 Å². The number of nitrogens with one attached hydrogen (secondary N) is 1. The van der Waals surface area contributed by atoms with Gasteiger partial charge < -0.3 is 5.32 Å². The normalized spacial score (nSPS) is 36.0. The Morgan fingerprint density at radius 3 is 2.29 bits per heavy atom. The molecule has 2 nitrogen and oxygen atoms in total. The molecule has 0 aromatic rings. The molecule has 21 heavy (non-hydrogen) atoms. The average molecular weight is 290 g/mol. The molecule has 1 heterocycles. The summed E-state index contributed by atoms with van der Waals surface area (Å²) in [6.07, 6.45) is 16.4.